The molecule has 1 atom stereocenters. The third-order valence-corrected chi connectivity index (χ3v) is 4.12. The fraction of sp³-hybridized carbons (Fsp3) is 0.467. The third-order valence-electron chi connectivity index (χ3n) is 2.88. The molecule has 0 aliphatic rings. The lowest BCUT2D eigenvalue weighted by atomic mass is 10.2. The van der Waals surface area contributed by atoms with Crippen LogP contribution in [0.3, 0.4) is 0 Å². The predicted octanol–water partition coefficient (Wildman–Crippen LogP) is 1.75. The molecule has 1 aromatic carbocycles. The Morgan fingerprint density at radius 2 is 1.87 bits per heavy atom. The first-order valence-corrected chi connectivity index (χ1v) is 9.04. The first-order valence-electron chi connectivity index (χ1n) is 7.19. The van der Waals surface area contributed by atoms with E-state index in [1.807, 2.05) is 6.92 Å². The number of carbonyl (C=O) groups is 1. The molecule has 1 rings (SSSR count). The average Bonchev–Trinajstić information content (AvgIpc) is 2.45. The van der Waals surface area contributed by atoms with E-state index in [0.29, 0.717) is 23.8 Å². The first kappa shape index (κ1) is 19.0. The number of hydrazone groups is 1. The highest BCUT2D eigenvalue weighted by Crippen LogP contribution is 2.24. The minimum absolute atomic E-state index is 0.385. The van der Waals surface area contributed by atoms with E-state index >= 15 is 0 Å². The van der Waals surface area contributed by atoms with Gasteiger partial charge in [-0.15, -0.1) is 0 Å². The van der Waals surface area contributed by atoms with Crippen LogP contribution in [0.4, 0.5) is 5.69 Å². The highest BCUT2D eigenvalue weighted by Gasteiger charge is 2.29. The van der Waals surface area contributed by atoms with E-state index in [4.69, 9.17) is 4.74 Å². The molecule has 0 spiro atoms. The maximum Gasteiger partial charge on any atom is 0.263 e. The molecule has 1 N–H and O–H groups in total. The monoisotopic (exact) mass is 341 g/mol. The van der Waals surface area contributed by atoms with E-state index < -0.39 is 22.0 Å². The molecule has 8 heteroatoms. The number of benzene rings is 1. The molecule has 0 saturated carbocycles. The molecule has 23 heavy (non-hydrogen) atoms. The van der Waals surface area contributed by atoms with Gasteiger partial charge in [-0.2, -0.15) is 5.10 Å². The van der Waals surface area contributed by atoms with Gasteiger partial charge in [0.2, 0.25) is 10.0 Å². The number of amides is 1. The highest BCUT2D eigenvalue weighted by molar-refractivity contribution is 7.92. The van der Waals surface area contributed by atoms with Gasteiger partial charge in [-0.1, -0.05) is 0 Å². The Bertz CT molecular complexity index is 664. The Hall–Kier alpha value is -2.09. The number of anilines is 1. The second-order valence-electron chi connectivity index (χ2n) is 5.20. The van der Waals surface area contributed by atoms with Gasteiger partial charge in [-0.05, 0) is 52.0 Å². The van der Waals surface area contributed by atoms with Gasteiger partial charge in [0.1, 0.15) is 11.8 Å². The molecule has 0 heterocycles. The van der Waals surface area contributed by atoms with Crippen LogP contribution in [-0.2, 0) is 14.8 Å². The van der Waals surface area contributed by atoms with Crippen molar-refractivity contribution >= 4 is 27.3 Å². The number of hydrogen-bond acceptors (Lipinski definition) is 5. The van der Waals surface area contributed by atoms with Crippen LogP contribution in [0.15, 0.2) is 29.4 Å². The maximum atomic E-state index is 12.1. The molecule has 0 aromatic heterocycles. The number of sulfonamides is 1. The molecular weight excluding hydrogens is 318 g/mol. The third kappa shape index (κ3) is 5.55. The van der Waals surface area contributed by atoms with Gasteiger partial charge < -0.3 is 4.74 Å². The van der Waals surface area contributed by atoms with Crippen molar-refractivity contribution in [2.24, 2.45) is 5.10 Å². The minimum atomic E-state index is -3.64. The van der Waals surface area contributed by atoms with Gasteiger partial charge in [-0.25, -0.2) is 13.8 Å². The molecule has 0 unspecified atom stereocenters. The van der Waals surface area contributed by atoms with Gasteiger partial charge in [0.25, 0.3) is 5.91 Å². The van der Waals surface area contributed by atoms with Crippen LogP contribution >= 0.6 is 0 Å². The number of nitrogens with one attached hydrogen (secondary N) is 1. The highest BCUT2D eigenvalue weighted by atomic mass is 32.2. The summed E-state index contributed by atoms with van der Waals surface area (Å²) in [6.45, 7) is 7.34. The zero-order chi connectivity index (χ0) is 17.6. The lowest BCUT2D eigenvalue weighted by molar-refractivity contribution is -0.121. The second kappa shape index (κ2) is 7.96. The number of nitrogens with zero attached hydrogens (tertiary/aromatic N) is 2. The van der Waals surface area contributed by atoms with E-state index in [9.17, 15) is 13.2 Å². The van der Waals surface area contributed by atoms with E-state index in [2.05, 4.69) is 10.5 Å². The van der Waals surface area contributed by atoms with Crippen molar-refractivity contribution in [1.82, 2.24) is 5.43 Å². The van der Waals surface area contributed by atoms with Crippen molar-refractivity contribution < 1.29 is 17.9 Å². The van der Waals surface area contributed by atoms with E-state index in [-0.39, 0.29) is 0 Å². The molecule has 1 amide bonds. The van der Waals surface area contributed by atoms with Crippen LogP contribution in [0.5, 0.6) is 5.75 Å². The lowest BCUT2D eigenvalue weighted by Crippen LogP contribution is -2.46. The Balaban J connectivity index is 3.10. The van der Waals surface area contributed by atoms with Crippen LogP contribution in [0.2, 0.25) is 0 Å². The number of ether oxygens (including phenoxy) is 1. The van der Waals surface area contributed by atoms with Crippen LogP contribution in [0.1, 0.15) is 27.7 Å². The molecule has 0 saturated heterocycles. The molecule has 7 nitrogen and oxygen atoms in total. The molecule has 1 aromatic rings. The number of rotatable bonds is 7. The zero-order valence-corrected chi connectivity index (χ0v) is 14.8. The predicted molar refractivity (Wildman–Crippen MR) is 91.3 cm³/mol. The van der Waals surface area contributed by atoms with E-state index in [1.165, 1.54) is 6.92 Å². The van der Waals surface area contributed by atoms with Crippen LogP contribution in [0.25, 0.3) is 0 Å². The average molecular weight is 341 g/mol. The maximum absolute atomic E-state index is 12.1. The topological polar surface area (TPSA) is 88.1 Å². The molecule has 0 bridgehead atoms. The van der Waals surface area contributed by atoms with Crippen LogP contribution < -0.4 is 14.5 Å². The molecule has 128 valence electrons. The molecule has 0 fully saturated rings. The van der Waals surface area contributed by atoms with Crippen molar-refractivity contribution in [1.29, 1.82) is 0 Å². The Morgan fingerprint density at radius 1 is 1.30 bits per heavy atom. The van der Waals surface area contributed by atoms with Crippen molar-refractivity contribution in [2.45, 2.75) is 33.7 Å². The summed E-state index contributed by atoms with van der Waals surface area (Å²) in [4.78, 5) is 12.1. The van der Waals surface area contributed by atoms with E-state index in [0.717, 1.165) is 10.6 Å². The van der Waals surface area contributed by atoms with Crippen molar-refractivity contribution in [3.8, 4) is 5.75 Å². The summed E-state index contributed by atoms with van der Waals surface area (Å²) < 4.78 is 30.6. The Labute approximate surface area is 137 Å². The van der Waals surface area contributed by atoms with Gasteiger partial charge in [-0.3, -0.25) is 9.10 Å². The number of carbonyl (C=O) groups excluding carboxylic acids is 1. The Morgan fingerprint density at radius 3 is 2.30 bits per heavy atom. The summed E-state index contributed by atoms with van der Waals surface area (Å²) in [7, 11) is -3.64. The summed E-state index contributed by atoms with van der Waals surface area (Å²) in [5.74, 6) is 0.124. The standard InChI is InChI=1S/C15H23N3O4S/c1-6-22-14-9-7-13(8-10-14)18(23(5,20)21)12(4)15(19)17-16-11(2)3/h7-10,12H,6H2,1-5H3,(H,17,19)/t12-/m0/s1. The van der Waals surface area contributed by atoms with Crippen LogP contribution in [-0.4, -0.2) is 38.9 Å². The SMILES string of the molecule is CCOc1ccc(N([C@@H](C)C(=O)NN=C(C)C)S(C)(=O)=O)cc1. The fourth-order valence-corrected chi connectivity index (χ4v) is 3.10. The summed E-state index contributed by atoms with van der Waals surface area (Å²) in [5.41, 5.74) is 3.40. The van der Waals surface area contributed by atoms with Gasteiger partial charge >= 0.3 is 0 Å². The molecular formula is C15H23N3O4S. The van der Waals surface area contributed by atoms with Gasteiger partial charge in [0.15, 0.2) is 0 Å². The van der Waals surface area contributed by atoms with Crippen molar-refractivity contribution in [3.05, 3.63) is 24.3 Å². The quantitative estimate of drug-likeness (QED) is 0.604. The molecule has 0 aliphatic heterocycles. The molecule has 0 aliphatic carbocycles. The van der Waals surface area contributed by atoms with Gasteiger partial charge in [0, 0.05) is 5.71 Å². The first-order chi connectivity index (χ1) is 10.7. The zero-order valence-electron chi connectivity index (χ0n) is 14.0. The summed E-state index contributed by atoms with van der Waals surface area (Å²) in [6.07, 6.45) is 1.06. The fourth-order valence-electron chi connectivity index (χ4n) is 1.93. The second-order valence-corrected chi connectivity index (χ2v) is 7.06. The van der Waals surface area contributed by atoms with Crippen molar-refractivity contribution in [3.63, 3.8) is 0 Å². The smallest absolute Gasteiger partial charge is 0.263 e. The summed E-state index contributed by atoms with van der Waals surface area (Å²) in [6, 6.07) is 5.59. The normalized spacial score (nSPS) is 12.2. The van der Waals surface area contributed by atoms with Gasteiger partial charge in [0.05, 0.1) is 18.6 Å². The van der Waals surface area contributed by atoms with Crippen molar-refractivity contribution in [2.75, 3.05) is 17.2 Å². The molecule has 0 radical (unpaired) electrons. The minimum Gasteiger partial charge on any atom is -0.494 e. The van der Waals surface area contributed by atoms with E-state index in [1.54, 1.807) is 38.1 Å². The summed E-state index contributed by atoms with van der Waals surface area (Å²) in [5, 5.41) is 3.82. The Kier molecular flexibility index (Phi) is 6.56. The number of hydrogen-bond donors (Lipinski definition) is 1. The largest absolute Gasteiger partial charge is 0.494 e. The lowest BCUT2D eigenvalue weighted by Gasteiger charge is -2.27. The summed E-state index contributed by atoms with van der Waals surface area (Å²) >= 11 is 0. The van der Waals surface area contributed by atoms with Crippen LogP contribution in [0, 0.1) is 0 Å².